The third-order valence-corrected chi connectivity index (χ3v) is 5.93. The zero-order valence-corrected chi connectivity index (χ0v) is 15.3. The van der Waals surface area contributed by atoms with Crippen molar-refractivity contribution in [1.82, 2.24) is 0 Å². The first kappa shape index (κ1) is 19.5. The van der Waals surface area contributed by atoms with E-state index in [0.29, 0.717) is 5.25 Å². The molecule has 0 saturated carbocycles. The van der Waals surface area contributed by atoms with Crippen molar-refractivity contribution < 1.29 is 13.0 Å². The molecule has 1 aromatic rings. The van der Waals surface area contributed by atoms with E-state index in [4.69, 9.17) is 4.55 Å². The van der Waals surface area contributed by atoms with Crippen LogP contribution in [0.15, 0.2) is 29.2 Å². The summed E-state index contributed by atoms with van der Waals surface area (Å²) in [5.41, 5.74) is 1.10. The molecule has 0 bridgehead atoms. The standard InChI is InChI=1S/C17H28O3S2/c1-3-4-5-6-7-8-9-14-21-15(2)16-10-12-17(13-11-16)22(18,19)20/h10-13,15H,3-9,14H2,1-2H3,(H,18,19,20). The van der Waals surface area contributed by atoms with Crippen LogP contribution in [0.25, 0.3) is 0 Å². The highest BCUT2D eigenvalue weighted by atomic mass is 32.2. The molecule has 0 amide bonds. The van der Waals surface area contributed by atoms with Crippen LogP contribution in [0.3, 0.4) is 0 Å². The van der Waals surface area contributed by atoms with E-state index in [-0.39, 0.29) is 4.90 Å². The van der Waals surface area contributed by atoms with Crippen LogP contribution in [0.2, 0.25) is 0 Å². The highest BCUT2D eigenvalue weighted by molar-refractivity contribution is 7.99. The Kier molecular flexibility index (Phi) is 9.13. The Hall–Kier alpha value is -0.520. The lowest BCUT2D eigenvalue weighted by molar-refractivity contribution is 0.483. The zero-order valence-electron chi connectivity index (χ0n) is 13.6. The maximum atomic E-state index is 11.0. The summed E-state index contributed by atoms with van der Waals surface area (Å²) in [4.78, 5) is -0.0412. The minimum absolute atomic E-state index is 0.0412. The van der Waals surface area contributed by atoms with Gasteiger partial charge in [-0.1, -0.05) is 57.6 Å². The minimum atomic E-state index is -4.09. The highest BCUT2D eigenvalue weighted by Crippen LogP contribution is 2.29. The van der Waals surface area contributed by atoms with Gasteiger partial charge in [0.1, 0.15) is 0 Å². The molecule has 3 nitrogen and oxygen atoms in total. The number of thioether (sulfide) groups is 1. The van der Waals surface area contributed by atoms with Crippen molar-refractivity contribution in [2.24, 2.45) is 0 Å². The highest BCUT2D eigenvalue weighted by Gasteiger charge is 2.11. The molecule has 1 unspecified atom stereocenters. The summed E-state index contributed by atoms with van der Waals surface area (Å²) in [7, 11) is -4.09. The lowest BCUT2D eigenvalue weighted by atomic mass is 10.1. The average Bonchev–Trinajstić information content (AvgIpc) is 2.49. The second kappa shape index (κ2) is 10.3. The molecular weight excluding hydrogens is 316 g/mol. The van der Waals surface area contributed by atoms with Crippen molar-refractivity contribution >= 4 is 21.9 Å². The average molecular weight is 345 g/mol. The first-order valence-electron chi connectivity index (χ1n) is 8.14. The van der Waals surface area contributed by atoms with E-state index in [9.17, 15) is 8.42 Å². The predicted octanol–water partition coefficient (Wildman–Crippen LogP) is 5.48. The van der Waals surface area contributed by atoms with E-state index in [2.05, 4.69) is 13.8 Å². The van der Waals surface area contributed by atoms with Crippen LogP contribution >= 0.6 is 11.8 Å². The van der Waals surface area contributed by atoms with Gasteiger partial charge in [-0.15, -0.1) is 0 Å². The fraction of sp³-hybridized carbons (Fsp3) is 0.647. The van der Waals surface area contributed by atoms with Gasteiger partial charge in [0.2, 0.25) is 0 Å². The Morgan fingerprint density at radius 1 is 1.00 bits per heavy atom. The van der Waals surface area contributed by atoms with E-state index in [1.54, 1.807) is 12.1 Å². The second-order valence-corrected chi connectivity index (χ2v) is 8.55. The van der Waals surface area contributed by atoms with Crippen molar-refractivity contribution in [3.8, 4) is 0 Å². The van der Waals surface area contributed by atoms with Crippen molar-refractivity contribution in [1.29, 1.82) is 0 Å². The van der Waals surface area contributed by atoms with Gasteiger partial charge >= 0.3 is 0 Å². The van der Waals surface area contributed by atoms with Crippen molar-refractivity contribution in [3.63, 3.8) is 0 Å². The monoisotopic (exact) mass is 344 g/mol. The predicted molar refractivity (Wildman–Crippen MR) is 95.1 cm³/mol. The van der Waals surface area contributed by atoms with E-state index >= 15 is 0 Å². The number of unbranched alkanes of at least 4 members (excludes halogenated alkanes) is 6. The Morgan fingerprint density at radius 2 is 1.55 bits per heavy atom. The van der Waals surface area contributed by atoms with Gasteiger partial charge in [0, 0.05) is 5.25 Å². The van der Waals surface area contributed by atoms with Crippen LogP contribution in [0, 0.1) is 0 Å². The van der Waals surface area contributed by atoms with Crippen molar-refractivity contribution in [2.75, 3.05) is 5.75 Å². The molecule has 5 heteroatoms. The molecular formula is C17H28O3S2. The molecule has 1 atom stereocenters. The zero-order chi connectivity index (χ0) is 16.4. The summed E-state index contributed by atoms with van der Waals surface area (Å²) in [6.45, 7) is 4.37. The third kappa shape index (κ3) is 7.65. The van der Waals surface area contributed by atoms with Crippen molar-refractivity contribution in [2.45, 2.75) is 68.9 Å². The number of hydrogen-bond acceptors (Lipinski definition) is 3. The first-order chi connectivity index (χ1) is 10.4. The van der Waals surface area contributed by atoms with E-state index in [1.165, 1.54) is 57.1 Å². The molecule has 0 aliphatic heterocycles. The van der Waals surface area contributed by atoms with E-state index < -0.39 is 10.1 Å². The molecule has 0 aliphatic rings. The smallest absolute Gasteiger partial charge is 0.282 e. The molecule has 0 aromatic heterocycles. The van der Waals surface area contributed by atoms with E-state index in [0.717, 1.165) is 11.3 Å². The Labute approximate surface area is 139 Å². The molecule has 0 fully saturated rings. The fourth-order valence-electron chi connectivity index (χ4n) is 2.33. The van der Waals surface area contributed by atoms with Crippen LogP contribution in [-0.4, -0.2) is 18.7 Å². The lowest BCUT2D eigenvalue weighted by Gasteiger charge is -2.12. The molecule has 0 aliphatic carbocycles. The summed E-state index contributed by atoms with van der Waals surface area (Å²) >= 11 is 1.90. The largest absolute Gasteiger partial charge is 0.294 e. The van der Waals surface area contributed by atoms with Crippen molar-refractivity contribution in [3.05, 3.63) is 29.8 Å². The molecule has 0 heterocycles. The molecule has 0 radical (unpaired) electrons. The SMILES string of the molecule is CCCCCCCCCSC(C)c1ccc(S(=O)(=O)O)cc1. The fourth-order valence-corrected chi connectivity index (χ4v) is 3.88. The lowest BCUT2D eigenvalue weighted by Crippen LogP contribution is -1.98. The first-order valence-corrected chi connectivity index (χ1v) is 10.6. The summed E-state index contributed by atoms with van der Waals surface area (Å²) in [6, 6.07) is 6.50. The normalized spacial score (nSPS) is 13.2. The maximum absolute atomic E-state index is 11.0. The Morgan fingerprint density at radius 3 is 2.09 bits per heavy atom. The molecule has 22 heavy (non-hydrogen) atoms. The van der Waals surface area contributed by atoms with Gasteiger partial charge in [0.05, 0.1) is 4.90 Å². The second-order valence-electron chi connectivity index (χ2n) is 5.68. The molecule has 0 spiro atoms. The van der Waals surface area contributed by atoms with E-state index in [1.807, 2.05) is 11.8 Å². The van der Waals surface area contributed by atoms with Gasteiger partial charge in [0.15, 0.2) is 0 Å². The molecule has 1 aromatic carbocycles. The molecule has 1 N–H and O–H groups in total. The molecule has 126 valence electrons. The number of rotatable bonds is 11. The van der Waals surface area contributed by atoms with Crippen LogP contribution < -0.4 is 0 Å². The summed E-state index contributed by atoms with van der Waals surface area (Å²) in [5, 5.41) is 0.343. The molecule has 1 rings (SSSR count). The number of hydrogen-bond donors (Lipinski definition) is 1. The summed E-state index contributed by atoms with van der Waals surface area (Å²) in [6.07, 6.45) is 9.23. The van der Waals surface area contributed by atoms with Crippen LogP contribution in [0.1, 0.15) is 69.6 Å². The van der Waals surface area contributed by atoms with Crippen LogP contribution in [0.4, 0.5) is 0 Å². The van der Waals surface area contributed by atoms with Gasteiger partial charge in [-0.25, -0.2) is 0 Å². The third-order valence-electron chi connectivity index (χ3n) is 3.76. The Balaban J connectivity index is 2.24. The summed E-state index contributed by atoms with van der Waals surface area (Å²) in [5.74, 6) is 1.13. The van der Waals surface area contributed by atoms with Gasteiger partial charge in [-0.05, 0) is 36.8 Å². The maximum Gasteiger partial charge on any atom is 0.294 e. The van der Waals surface area contributed by atoms with Crippen LogP contribution in [0.5, 0.6) is 0 Å². The van der Waals surface area contributed by atoms with Crippen LogP contribution in [-0.2, 0) is 10.1 Å². The van der Waals surface area contributed by atoms with Gasteiger partial charge in [-0.2, -0.15) is 20.2 Å². The topological polar surface area (TPSA) is 54.4 Å². The Bertz CT molecular complexity index is 509. The van der Waals surface area contributed by atoms with Gasteiger partial charge in [-0.3, -0.25) is 4.55 Å². The summed E-state index contributed by atoms with van der Waals surface area (Å²) < 4.78 is 31.0. The minimum Gasteiger partial charge on any atom is -0.282 e. The van der Waals surface area contributed by atoms with Gasteiger partial charge in [0.25, 0.3) is 10.1 Å². The molecule has 0 saturated heterocycles. The quantitative estimate of drug-likeness (QED) is 0.427. The number of benzene rings is 1. The van der Waals surface area contributed by atoms with Gasteiger partial charge < -0.3 is 0 Å².